The van der Waals surface area contributed by atoms with E-state index < -0.39 is 12.1 Å². The summed E-state index contributed by atoms with van der Waals surface area (Å²) in [4.78, 5) is 12.1. The molecule has 3 aromatic rings. The lowest BCUT2D eigenvalue weighted by Crippen LogP contribution is -2.12. The Morgan fingerprint density at radius 1 is 1.21 bits per heavy atom. The molecule has 124 valence electrons. The van der Waals surface area contributed by atoms with Crippen molar-refractivity contribution in [1.29, 1.82) is 0 Å². The molecular weight excluding hydrogens is 310 g/mol. The molecule has 0 unspecified atom stereocenters. The Morgan fingerprint density at radius 2 is 1.96 bits per heavy atom. The average Bonchev–Trinajstić information content (AvgIpc) is 3.24. The minimum atomic E-state index is -0.646. The number of methoxy groups -OCH3 is 1. The predicted molar refractivity (Wildman–Crippen MR) is 85.5 cm³/mol. The first-order chi connectivity index (χ1) is 11.6. The molecule has 1 atom stereocenters. The maximum atomic E-state index is 12.1. The van der Waals surface area contributed by atoms with Crippen LogP contribution in [0.3, 0.4) is 0 Å². The Labute approximate surface area is 138 Å². The zero-order chi connectivity index (χ0) is 17.1. The molecule has 0 aliphatic heterocycles. The normalized spacial score (nSPS) is 12.0. The van der Waals surface area contributed by atoms with Crippen molar-refractivity contribution in [3.05, 3.63) is 54.2 Å². The molecule has 24 heavy (non-hydrogen) atoms. The van der Waals surface area contributed by atoms with E-state index in [0.717, 1.165) is 11.3 Å². The van der Waals surface area contributed by atoms with Gasteiger partial charge < -0.3 is 18.5 Å². The summed E-state index contributed by atoms with van der Waals surface area (Å²) in [6, 6.07) is 10.7. The van der Waals surface area contributed by atoms with Crippen LogP contribution >= 0.6 is 0 Å². The highest BCUT2D eigenvalue weighted by Gasteiger charge is 2.21. The molecule has 1 aromatic carbocycles. The summed E-state index contributed by atoms with van der Waals surface area (Å²) in [7, 11) is 3.37. The zero-order valence-corrected chi connectivity index (χ0v) is 13.6. The molecule has 2 heterocycles. The first-order valence-electron chi connectivity index (χ1n) is 7.38. The van der Waals surface area contributed by atoms with Crippen molar-refractivity contribution in [3.8, 4) is 17.2 Å². The second kappa shape index (κ2) is 6.57. The highest BCUT2D eigenvalue weighted by molar-refractivity contribution is 5.87. The maximum absolute atomic E-state index is 12.1. The van der Waals surface area contributed by atoms with Gasteiger partial charge in [-0.05, 0) is 43.3 Å². The molecule has 2 aromatic heterocycles. The molecule has 7 nitrogen and oxygen atoms in total. The number of aryl methyl sites for hydroxylation is 1. The Morgan fingerprint density at radius 3 is 2.58 bits per heavy atom. The quantitative estimate of drug-likeness (QED) is 0.670. The number of esters is 1. The summed E-state index contributed by atoms with van der Waals surface area (Å²) >= 11 is 0. The summed E-state index contributed by atoms with van der Waals surface area (Å²) in [5.41, 5.74) is 1.22. The van der Waals surface area contributed by atoms with Gasteiger partial charge in [0.25, 0.3) is 5.89 Å². The Balaban J connectivity index is 1.72. The van der Waals surface area contributed by atoms with Gasteiger partial charge in [0.1, 0.15) is 11.4 Å². The SMILES string of the molecule is COc1ccc(-c2nnc([C@H](C)OC(=O)c3cccn3C)o2)cc1. The van der Waals surface area contributed by atoms with Crippen LogP contribution < -0.4 is 4.74 Å². The third-order valence-electron chi connectivity index (χ3n) is 3.56. The van der Waals surface area contributed by atoms with Crippen LogP contribution in [0.2, 0.25) is 0 Å². The molecule has 0 saturated carbocycles. The van der Waals surface area contributed by atoms with Gasteiger partial charge in [-0.25, -0.2) is 4.79 Å². The second-order valence-corrected chi connectivity index (χ2v) is 5.23. The summed E-state index contributed by atoms with van der Waals surface area (Å²) in [6.07, 6.45) is 1.13. The van der Waals surface area contributed by atoms with Crippen LogP contribution in [0.4, 0.5) is 0 Å². The van der Waals surface area contributed by atoms with Crippen LogP contribution in [-0.4, -0.2) is 27.8 Å². The number of benzene rings is 1. The van der Waals surface area contributed by atoms with E-state index in [1.165, 1.54) is 0 Å². The van der Waals surface area contributed by atoms with Gasteiger partial charge in [0.2, 0.25) is 5.89 Å². The zero-order valence-electron chi connectivity index (χ0n) is 13.6. The third kappa shape index (κ3) is 3.15. The van der Waals surface area contributed by atoms with Crippen molar-refractivity contribution in [2.45, 2.75) is 13.0 Å². The van der Waals surface area contributed by atoms with Crippen molar-refractivity contribution >= 4 is 5.97 Å². The monoisotopic (exact) mass is 327 g/mol. The third-order valence-corrected chi connectivity index (χ3v) is 3.56. The van der Waals surface area contributed by atoms with Gasteiger partial charge in [0.05, 0.1) is 7.11 Å². The molecule has 0 fully saturated rings. The number of hydrogen-bond acceptors (Lipinski definition) is 6. The van der Waals surface area contributed by atoms with E-state index in [0.29, 0.717) is 11.6 Å². The van der Waals surface area contributed by atoms with Crippen molar-refractivity contribution < 1.29 is 18.7 Å². The van der Waals surface area contributed by atoms with Crippen molar-refractivity contribution in [2.24, 2.45) is 7.05 Å². The molecule has 0 radical (unpaired) electrons. The first-order valence-corrected chi connectivity index (χ1v) is 7.38. The molecule has 0 aliphatic carbocycles. The molecule has 0 amide bonds. The van der Waals surface area contributed by atoms with Crippen LogP contribution in [-0.2, 0) is 11.8 Å². The number of nitrogens with zero attached hydrogens (tertiary/aromatic N) is 3. The highest BCUT2D eigenvalue weighted by atomic mass is 16.6. The molecule has 0 N–H and O–H groups in total. The topological polar surface area (TPSA) is 79.4 Å². The van der Waals surface area contributed by atoms with Gasteiger partial charge in [-0.2, -0.15) is 0 Å². The van der Waals surface area contributed by atoms with Gasteiger partial charge in [-0.3, -0.25) is 0 Å². The van der Waals surface area contributed by atoms with E-state index in [-0.39, 0.29) is 5.89 Å². The van der Waals surface area contributed by atoms with Crippen LogP contribution in [0.1, 0.15) is 29.4 Å². The molecule has 0 aliphatic rings. The van der Waals surface area contributed by atoms with E-state index in [1.54, 1.807) is 56.1 Å². The maximum Gasteiger partial charge on any atom is 0.355 e. The van der Waals surface area contributed by atoms with Gasteiger partial charge in [0, 0.05) is 18.8 Å². The highest BCUT2D eigenvalue weighted by Crippen LogP contribution is 2.24. The van der Waals surface area contributed by atoms with Crippen molar-refractivity contribution in [3.63, 3.8) is 0 Å². The smallest absolute Gasteiger partial charge is 0.355 e. The van der Waals surface area contributed by atoms with Crippen LogP contribution in [0.25, 0.3) is 11.5 Å². The Hall–Kier alpha value is -3.09. The fourth-order valence-electron chi connectivity index (χ4n) is 2.19. The summed E-state index contributed by atoms with van der Waals surface area (Å²) in [5, 5.41) is 7.96. The van der Waals surface area contributed by atoms with E-state index in [1.807, 2.05) is 12.1 Å². The number of ether oxygens (including phenoxy) is 2. The van der Waals surface area contributed by atoms with Crippen molar-refractivity contribution in [2.75, 3.05) is 7.11 Å². The minimum absolute atomic E-state index is 0.239. The molecular formula is C17H17N3O4. The molecule has 0 spiro atoms. The number of rotatable bonds is 5. The Bertz CT molecular complexity index is 836. The van der Waals surface area contributed by atoms with E-state index >= 15 is 0 Å². The first kappa shape index (κ1) is 15.8. The Kier molecular flexibility index (Phi) is 4.33. The van der Waals surface area contributed by atoms with E-state index in [9.17, 15) is 4.79 Å². The lowest BCUT2D eigenvalue weighted by atomic mass is 10.2. The number of aromatic nitrogens is 3. The van der Waals surface area contributed by atoms with Gasteiger partial charge in [-0.1, -0.05) is 0 Å². The summed E-state index contributed by atoms with van der Waals surface area (Å²) in [5.74, 6) is 0.889. The van der Waals surface area contributed by atoms with Crippen LogP contribution in [0, 0.1) is 0 Å². The standard InChI is InChI=1S/C17H17N3O4/c1-11(23-17(21)14-5-4-10-20(14)2)15-18-19-16(24-15)12-6-8-13(22-3)9-7-12/h4-11H,1-3H3/t11-/m0/s1. The van der Waals surface area contributed by atoms with Gasteiger partial charge >= 0.3 is 5.97 Å². The lowest BCUT2D eigenvalue weighted by Gasteiger charge is -2.09. The summed E-state index contributed by atoms with van der Waals surface area (Å²) < 4.78 is 17.8. The fraction of sp³-hybridized carbons (Fsp3) is 0.235. The lowest BCUT2D eigenvalue weighted by molar-refractivity contribution is 0.0269. The molecule has 7 heteroatoms. The molecule has 0 bridgehead atoms. The largest absolute Gasteiger partial charge is 0.497 e. The number of carbonyl (C=O) groups excluding carboxylic acids is 1. The van der Waals surface area contributed by atoms with E-state index in [2.05, 4.69) is 10.2 Å². The van der Waals surface area contributed by atoms with Crippen LogP contribution in [0.5, 0.6) is 5.75 Å². The van der Waals surface area contributed by atoms with Crippen molar-refractivity contribution in [1.82, 2.24) is 14.8 Å². The van der Waals surface area contributed by atoms with Crippen LogP contribution in [0.15, 0.2) is 47.0 Å². The van der Waals surface area contributed by atoms with Gasteiger partial charge in [0.15, 0.2) is 6.10 Å². The minimum Gasteiger partial charge on any atom is -0.497 e. The number of hydrogen-bond donors (Lipinski definition) is 0. The summed E-state index contributed by atoms with van der Waals surface area (Å²) in [6.45, 7) is 1.69. The number of carbonyl (C=O) groups is 1. The van der Waals surface area contributed by atoms with Gasteiger partial charge in [-0.15, -0.1) is 10.2 Å². The second-order valence-electron chi connectivity index (χ2n) is 5.23. The fourth-order valence-corrected chi connectivity index (χ4v) is 2.19. The molecule has 0 saturated heterocycles. The molecule has 3 rings (SSSR count). The van der Waals surface area contributed by atoms with E-state index in [4.69, 9.17) is 13.9 Å². The average molecular weight is 327 g/mol. The predicted octanol–water partition coefficient (Wildman–Crippen LogP) is 3.00.